The quantitative estimate of drug-likeness (QED) is 0.570. The molecule has 1 heterocycles. The number of H-pyrrole nitrogens is 1. The molecule has 3 nitrogen and oxygen atoms in total. The van der Waals surface area contributed by atoms with Crippen molar-refractivity contribution in [3.8, 4) is 0 Å². The van der Waals surface area contributed by atoms with E-state index in [0.29, 0.717) is 0 Å². The van der Waals surface area contributed by atoms with Crippen molar-refractivity contribution in [2.24, 2.45) is 0 Å². The Hall–Kier alpha value is -0.350. The van der Waals surface area contributed by atoms with Crippen molar-refractivity contribution in [2.45, 2.75) is 33.7 Å². The maximum atomic E-state index is 8.83. The number of aromatic amines is 1. The molecule has 0 aliphatic heterocycles. The van der Waals surface area contributed by atoms with Gasteiger partial charge in [-0.25, -0.2) is 0 Å². The summed E-state index contributed by atoms with van der Waals surface area (Å²) in [6, 6.07) is 0. The van der Waals surface area contributed by atoms with Gasteiger partial charge in [-0.3, -0.25) is 0 Å². The Labute approximate surface area is 89.5 Å². The lowest BCUT2D eigenvalue weighted by molar-refractivity contribution is -0.752. The van der Waals surface area contributed by atoms with E-state index in [9.17, 15) is 0 Å². The highest BCUT2D eigenvalue weighted by atomic mass is 79.9. The van der Waals surface area contributed by atoms with Crippen LogP contribution in [0, 0.1) is 13.8 Å². The molecule has 0 radical (unpaired) electrons. The fourth-order valence-corrected chi connectivity index (χ4v) is 1.58. The second-order valence-electron chi connectivity index (χ2n) is 3.02. The van der Waals surface area contributed by atoms with Gasteiger partial charge in [0.2, 0.25) is 5.69 Å². The first-order valence-electron chi connectivity index (χ1n) is 4.39. The number of rotatable bonds is 3. The summed E-state index contributed by atoms with van der Waals surface area (Å²) in [5.41, 5.74) is 3.66. The summed E-state index contributed by atoms with van der Waals surface area (Å²) in [5, 5.41) is 12.1. The third-order valence-corrected chi connectivity index (χ3v) is 2.27. The molecule has 0 unspecified atom stereocenters. The first-order valence-corrected chi connectivity index (χ1v) is 4.39. The molecule has 0 aliphatic carbocycles. The largest absolute Gasteiger partial charge is 1.00 e. The lowest BCUT2D eigenvalue weighted by atomic mass is 10.1. The van der Waals surface area contributed by atoms with Crippen molar-refractivity contribution in [2.75, 3.05) is 6.61 Å². The molecule has 2 N–H and O–H groups in total. The predicted molar refractivity (Wildman–Crippen MR) is 46.9 cm³/mol. The van der Waals surface area contributed by atoms with Gasteiger partial charge >= 0.3 is 0 Å². The Morgan fingerprint density at radius 2 is 2.00 bits per heavy atom. The van der Waals surface area contributed by atoms with Crippen LogP contribution in [0.15, 0.2) is 0 Å². The predicted octanol–water partition coefficient (Wildman–Crippen LogP) is -2.52. The zero-order valence-electron chi connectivity index (χ0n) is 8.39. The van der Waals surface area contributed by atoms with E-state index in [1.165, 1.54) is 17.0 Å². The van der Waals surface area contributed by atoms with Crippen LogP contribution in [0.5, 0.6) is 0 Å². The molecule has 13 heavy (non-hydrogen) atoms. The minimum Gasteiger partial charge on any atom is -1.00 e. The summed E-state index contributed by atoms with van der Waals surface area (Å²) in [6.45, 7) is 7.41. The van der Waals surface area contributed by atoms with E-state index in [1.807, 2.05) is 6.92 Å². The second kappa shape index (κ2) is 5.40. The van der Waals surface area contributed by atoms with Crippen LogP contribution in [0.3, 0.4) is 0 Å². The Balaban J connectivity index is 0.00000144. The van der Waals surface area contributed by atoms with Crippen LogP contribution in [-0.4, -0.2) is 16.8 Å². The molecule has 76 valence electrons. The lowest BCUT2D eigenvalue weighted by Gasteiger charge is -1.92. The molecule has 1 aromatic rings. The first kappa shape index (κ1) is 12.7. The van der Waals surface area contributed by atoms with Gasteiger partial charge in [0.05, 0.1) is 5.69 Å². The van der Waals surface area contributed by atoms with E-state index < -0.39 is 0 Å². The van der Waals surface area contributed by atoms with Crippen molar-refractivity contribution in [1.29, 1.82) is 0 Å². The fourth-order valence-electron chi connectivity index (χ4n) is 1.58. The second-order valence-corrected chi connectivity index (χ2v) is 3.02. The maximum absolute atomic E-state index is 8.83. The Morgan fingerprint density at radius 1 is 1.38 bits per heavy atom. The van der Waals surface area contributed by atoms with Gasteiger partial charge in [-0.15, -0.1) is 4.68 Å². The fraction of sp³-hybridized carbons (Fsp3) is 0.667. The summed E-state index contributed by atoms with van der Waals surface area (Å²) >= 11 is 0. The van der Waals surface area contributed by atoms with E-state index >= 15 is 0 Å². The molecule has 0 amide bonds. The van der Waals surface area contributed by atoms with Crippen molar-refractivity contribution in [3.63, 3.8) is 0 Å². The molecular weight excluding hydrogens is 232 g/mol. The van der Waals surface area contributed by atoms with Crippen LogP contribution in [0.1, 0.15) is 23.9 Å². The molecule has 0 fully saturated rings. The number of aromatic nitrogens is 2. The van der Waals surface area contributed by atoms with Crippen LogP contribution in [0.4, 0.5) is 0 Å². The SMILES string of the molecule is CC[n+]1[nH]c(C)c(CCO)c1C.[Br-]. The van der Waals surface area contributed by atoms with E-state index in [-0.39, 0.29) is 23.6 Å². The normalized spacial score (nSPS) is 9.85. The highest BCUT2D eigenvalue weighted by Crippen LogP contribution is 2.07. The minimum atomic E-state index is 0. The summed E-state index contributed by atoms with van der Waals surface area (Å²) in [5.74, 6) is 0. The highest BCUT2D eigenvalue weighted by molar-refractivity contribution is 5.19. The van der Waals surface area contributed by atoms with Crippen molar-refractivity contribution in [3.05, 3.63) is 17.0 Å². The molecular formula is C9H17BrN2O. The lowest BCUT2D eigenvalue weighted by Crippen LogP contribution is -3.00. The molecule has 0 atom stereocenters. The molecule has 1 aromatic heterocycles. The van der Waals surface area contributed by atoms with Gasteiger partial charge < -0.3 is 22.1 Å². The van der Waals surface area contributed by atoms with Crippen LogP contribution >= 0.6 is 0 Å². The number of aliphatic hydroxyl groups is 1. The van der Waals surface area contributed by atoms with Crippen molar-refractivity contribution >= 4 is 0 Å². The van der Waals surface area contributed by atoms with Gasteiger partial charge in [0, 0.05) is 25.5 Å². The van der Waals surface area contributed by atoms with E-state index in [1.54, 1.807) is 0 Å². The maximum Gasteiger partial charge on any atom is 0.208 e. The summed E-state index contributed by atoms with van der Waals surface area (Å²) in [4.78, 5) is 0. The van der Waals surface area contributed by atoms with E-state index in [4.69, 9.17) is 5.11 Å². The Kier molecular flexibility index (Phi) is 5.25. The highest BCUT2D eigenvalue weighted by Gasteiger charge is 2.15. The van der Waals surface area contributed by atoms with Crippen LogP contribution < -0.4 is 21.7 Å². The number of halogens is 1. The van der Waals surface area contributed by atoms with Gasteiger partial charge in [-0.2, -0.15) is 5.10 Å². The molecule has 0 aliphatic rings. The topological polar surface area (TPSA) is 39.9 Å². The van der Waals surface area contributed by atoms with Crippen LogP contribution in [0.25, 0.3) is 0 Å². The first-order chi connectivity index (χ1) is 5.70. The van der Waals surface area contributed by atoms with Gasteiger partial charge in [-0.05, 0) is 13.8 Å². The number of hydrogen-bond donors (Lipinski definition) is 2. The smallest absolute Gasteiger partial charge is 0.208 e. The standard InChI is InChI=1S/C9H16N2O.BrH/c1-4-11-8(3)9(5-6-12)7(2)10-11;/h12H,4-6H2,1-3H3;1H. The number of hydrogen-bond acceptors (Lipinski definition) is 1. The Morgan fingerprint density at radius 3 is 2.38 bits per heavy atom. The number of aryl methyl sites for hydroxylation is 2. The van der Waals surface area contributed by atoms with Crippen LogP contribution in [-0.2, 0) is 13.0 Å². The average molecular weight is 249 g/mol. The van der Waals surface area contributed by atoms with Gasteiger partial charge in [0.15, 0.2) is 6.54 Å². The molecule has 4 heteroatoms. The minimum absolute atomic E-state index is 0. The van der Waals surface area contributed by atoms with Gasteiger partial charge in [0.1, 0.15) is 0 Å². The van der Waals surface area contributed by atoms with E-state index in [0.717, 1.165) is 13.0 Å². The average Bonchev–Trinajstić information content (AvgIpc) is 2.32. The third-order valence-electron chi connectivity index (χ3n) is 2.27. The van der Waals surface area contributed by atoms with Gasteiger partial charge in [-0.1, -0.05) is 0 Å². The summed E-state index contributed by atoms with van der Waals surface area (Å²) in [7, 11) is 0. The van der Waals surface area contributed by atoms with Gasteiger partial charge in [0.25, 0.3) is 0 Å². The summed E-state index contributed by atoms with van der Waals surface area (Å²) in [6.07, 6.45) is 0.751. The third kappa shape index (κ3) is 2.54. The zero-order valence-corrected chi connectivity index (χ0v) is 9.98. The molecule has 0 saturated carbocycles. The molecule has 0 bridgehead atoms. The Bertz CT molecular complexity index is 271. The molecule has 0 saturated heterocycles. The van der Waals surface area contributed by atoms with Crippen molar-refractivity contribution in [1.82, 2.24) is 5.10 Å². The summed E-state index contributed by atoms with van der Waals surface area (Å²) < 4.78 is 2.10. The molecule has 0 spiro atoms. The molecule has 1 rings (SSSR count). The van der Waals surface area contributed by atoms with Crippen LogP contribution in [0.2, 0.25) is 0 Å². The number of nitrogens with zero attached hydrogens (tertiary/aromatic N) is 1. The molecule has 0 aromatic carbocycles. The monoisotopic (exact) mass is 248 g/mol. The number of aliphatic hydroxyl groups excluding tert-OH is 1. The zero-order chi connectivity index (χ0) is 9.14. The van der Waals surface area contributed by atoms with E-state index in [2.05, 4.69) is 23.6 Å². The van der Waals surface area contributed by atoms with Crippen molar-refractivity contribution < 1.29 is 26.8 Å². The number of nitrogens with one attached hydrogen (secondary N) is 1.